The minimum atomic E-state index is -4.04. The molecule has 1 unspecified atom stereocenters. The van der Waals surface area contributed by atoms with Gasteiger partial charge < -0.3 is 15.0 Å². The Morgan fingerprint density at radius 1 is 1.00 bits per heavy atom. The molecule has 0 saturated heterocycles. The molecule has 0 aromatic heterocycles. The van der Waals surface area contributed by atoms with Crippen LogP contribution in [0.2, 0.25) is 0 Å². The molecule has 3 aromatic rings. The number of sulfonamides is 1. The standard InChI is InChI=1S/C28H32N4O7S/c1-4-29-28(34)26(17-21-10-6-5-7-11-21)30(19-22-12-8-15-25(16-22)39-2)27(33)20-31(40(3,37)38)23-13-9-14-24(18-23)32(35)36/h5-16,18,26H,4,17,19-20H2,1-3H3,(H,29,34). The second-order valence-corrected chi connectivity index (χ2v) is 10.9. The largest absolute Gasteiger partial charge is 0.497 e. The lowest BCUT2D eigenvalue weighted by molar-refractivity contribution is -0.384. The molecule has 11 nitrogen and oxygen atoms in total. The molecular formula is C28H32N4O7S. The molecule has 3 aromatic carbocycles. The summed E-state index contributed by atoms with van der Waals surface area (Å²) < 4.78 is 31.7. The van der Waals surface area contributed by atoms with Gasteiger partial charge in [-0.05, 0) is 36.2 Å². The lowest BCUT2D eigenvalue weighted by Crippen LogP contribution is -2.53. The summed E-state index contributed by atoms with van der Waals surface area (Å²) in [6, 6.07) is 20.2. The maximum absolute atomic E-state index is 14.0. The molecule has 1 atom stereocenters. The molecule has 40 heavy (non-hydrogen) atoms. The van der Waals surface area contributed by atoms with E-state index in [1.54, 1.807) is 31.2 Å². The van der Waals surface area contributed by atoms with E-state index < -0.39 is 39.3 Å². The van der Waals surface area contributed by atoms with E-state index in [-0.39, 0.29) is 24.3 Å². The van der Waals surface area contributed by atoms with Crippen molar-refractivity contribution >= 4 is 33.2 Å². The van der Waals surface area contributed by atoms with Crippen LogP contribution in [0.25, 0.3) is 0 Å². The number of hydrogen-bond donors (Lipinski definition) is 1. The number of rotatable bonds is 13. The van der Waals surface area contributed by atoms with Gasteiger partial charge >= 0.3 is 0 Å². The molecule has 0 aliphatic carbocycles. The number of methoxy groups -OCH3 is 1. The van der Waals surface area contributed by atoms with E-state index in [4.69, 9.17) is 4.74 Å². The zero-order valence-electron chi connectivity index (χ0n) is 22.5. The minimum absolute atomic E-state index is 0.0167. The Bertz CT molecular complexity index is 1450. The van der Waals surface area contributed by atoms with Gasteiger partial charge in [0, 0.05) is 31.6 Å². The number of amides is 2. The number of nitro benzene ring substituents is 1. The van der Waals surface area contributed by atoms with Crippen molar-refractivity contribution in [2.45, 2.75) is 25.9 Å². The Morgan fingerprint density at radius 2 is 1.68 bits per heavy atom. The van der Waals surface area contributed by atoms with Crippen LogP contribution in [0.15, 0.2) is 78.9 Å². The summed E-state index contributed by atoms with van der Waals surface area (Å²) in [5.41, 5.74) is 1.11. The third kappa shape index (κ3) is 8.03. The molecule has 0 radical (unpaired) electrons. The summed E-state index contributed by atoms with van der Waals surface area (Å²) >= 11 is 0. The lowest BCUT2D eigenvalue weighted by Gasteiger charge is -2.33. The van der Waals surface area contributed by atoms with Crippen LogP contribution in [-0.4, -0.2) is 62.6 Å². The highest BCUT2D eigenvalue weighted by Gasteiger charge is 2.33. The summed E-state index contributed by atoms with van der Waals surface area (Å²) in [6.07, 6.45) is 1.09. The van der Waals surface area contributed by atoms with Crippen LogP contribution in [0.5, 0.6) is 5.75 Å². The maximum Gasteiger partial charge on any atom is 0.271 e. The lowest BCUT2D eigenvalue weighted by atomic mass is 10.0. The number of benzene rings is 3. The van der Waals surface area contributed by atoms with Crippen molar-refractivity contribution in [3.8, 4) is 5.75 Å². The number of carbonyl (C=O) groups is 2. The molecule has 0 heterocycles. The van der Waals surface area contributed by atoms with E-state index in [9.17, 15) is 28.1 Å². The second-order valence-electron chi connectivity index (χ2n) is 9.02. The monoisotopic (exact) mass is 568 g/mol. The fourth-order valence-corrected chi connectivity index (χ4v) is 5.03. The fourth-order valence-electron chi connectivity index (χ4n) is 4.19. The molecule has 3 rings (SSSR count). The van der Waals surface area contributed by atoms with Gasteiger partial charge in [0.2, 0.25) is 21.8 Å². The van der Waals surface area contributed by atoms with Crippen LogP contribution in [0.1, 0.15) is 18.1 Å². The molecular weight excluding hydrogens is 536 g/mol. The summed E-state index contributed by atoms with van der Waals surface area (Å²) in [5, 5.41) is 14.1. The van der Waals surface area contributed by atoms with Crippen LogP contribution in [0, 0.1) is 10.1 Å². The van der Waals surface area contributed by atoms with Crippen molar-refractivity contribution < 1.29 is 27.7 Å². The smallest absolute Gasteiger partial charge is 0.271 e. The predicted octanol–water partition coefficient (Wildman–Crippen LogP) is 3.15. The Hall–Kier alpha value is -4.45. The zero-order chi connectivity index (χ0) is 29.3. The van der Waals surface area contributed by atoms with Gasteiger partial charge in [0.25, 0.3) is 5.69 Å². The predicted molar refractivity (Wildman–Crippen MR) is 151 cm³/mol. The first-order valence-corrected chi connectivity index (χ1v) is 14.3. The Balaban J connectivity index is 2.07. The number of likely N-dealkylation sites (N-methyl/N-ethyl adjacent to an activating group) is 1. The highest BCUT2D eigenvalue weighted by molar-refractivity contribution is 7.92. The van der Waals surface area contributed by atoms with Crippen molar-refractivity contribution in [2.24, 2.45) is 0 Å². The number of hydrogen-bond acceptors (Lipinski definition) is 7. The van der Waals surface area contributed by atoms with Gasteiger partial charge in [-0.25, -0.2) is 8.42 Å². The molecule has 0 aliphatic rings. The Morgan fingerprint density at radius 3 is 2.30 bits per heavy atom. The number of nitrogens with zero attached hydrogens (tertiary/aromatic N) is 3. The van der Waals surface area contributed by atoms with Gasteiger partial charge in [-0.15, -0.1) is 0 Å². The molecule has 212 valence electrons. The highest BCUT2D eigenvalue weighted by Crippen LogP contribution is 2.24. The first-order chi connectivity index (χ1) is 19.0. The molecule has 0 saturated carbocycles. The molecule has 1 N–H and O–H groups in total. The second kappa shape index (κ2) is 13.6. The zero-order valence-corrected chi connectivity index (χ0v) is 23.3. The number of nitrogens with one attached hydrogen (secondary N) is 1. The normalized spacial score (nSPS) is 11.8. The Labute approximate surface area is 233 Å². The number of carbonyl (C=O) groups excluding carboxylic acids is 2. The van der Waals surface area contributed by atoms with E-state index in [1.165, 1.54) is 30.2 Å². The van der Waals surface area contributed by atoms with Gasteiger partial charge in [-0.3, -0.25) is 24.0 Å². The van der Waals surface area contributed by atoms with Gasteiger partial charge in [0.15, 0.2) is 0 Å². The molecule has 12 heteroatoms. The summed E-state index contributed by atoms with van der Waals surface area (Å²) in [5.74, 6) is -0.507. The molecule has 0 fully saturated rings. The molecule has 0 spiro atoms. The molecule has 0 bridgehead atoms. The SMILES string of the molecule is CCNC(=O)C(Cc1ccccc1)N(Cc1cccc(OC)c1)C(=O)CN(c1cccc([N+](=O)[O-])c1)S(C)(=O)=O. The Kier molecular flexibility index (Phi) is 10.2. The first kappa shape index (κ1) is 30.1. The van der Waals surface area contributed by atoms with Crippen LogP contribution >= 0.6 is 0 Å². The van der Waals surface area contributed by atoms with Crippen LogP contribution in [-0.2, 0) is 32.6 Å². The molecule has 2 amide bonds. The number of anilines is 1. The average Bonchev–Trinajstić information content (AvgIpc) is 2.93. The number of non-ortho nitro benzene ring substituents is 1. The van der Waals surface area contributed by atoms with Gasteiger partial charge in [-0.2, -0.15) is 0 Å². The number of nitro groups is 1. The highest BCUT2D eigenvalue weighted by atomic mass is 32.2. The maximum atomic E-state index is 14.0. The summed E-state index contributed by atoms with van der Waals surface area (Å²) in [7, 11) is -2.53. The quantitative estimate of drug-likeness (QED) is 0.247. The fraction of sp³-hybridized carbons (Fsp3) is 0.286. The van der Waals surface area contributed by atoms with Crippen molar-refractivity contribution in [3.05, 3.63) is 100 Å². The third-order valence-electron chi connectivity index (χ3n) is 6.12. The van der Waals surface area contributed by atoms with Crippen molar-refractivity contribution in [3.63, 3.8) is 0 Å². The topological polar surface area (TPSA) is 139 Å². The summed E-state index contributed by atoms with van der Waals surface area (Å²) in [4.78, 5) is 39.3. The first-order valence-electron chi connectivity index (χ1n) is 12.5. The average molecular weight is 569 g/mol. The van der Waals surface area contributed by atoms with Crippen LogP contribution < -0.4 is 14.4 Å². The van der Waals surface area contributed by atoms with E-state index in [0.29, 0.717) is 17.9 Å². The van der Waals surface area contributed by atoms with E-state index in [1.807, 2.05) is 30.3 Å². The van der Waals surface area contributed by atoms with E-state index >= 15 is 0 Å². The van der Waals surface area contributed by atoms with Gasteiger partial charge in [-0.1, -0.05) is 48.5 Å². The summed E-state index contributed by atoms with van der Waals surface area (Å²) in [6.45, 7) is 1.40. The van der Waals surface area contributed by atoms with Gasteiger partial charge in [0.1, 0.15) is 18.3 Å². The van der Waals surface area contributed by atoms with Crippen molar-refractivity contribution in [2.75, 3.05) is 30.8 Å². The van der Waals surface area contributed by atoms with E-state index in [0.717, 1.165) is 22.2 Å². The van der Waals surface area contributed by atoms with Crippen LogP contribution in [0.4, 0.5) is 11.4 Å². The van der Waals surface area contributed by atoms with Crippen molar-refractivity contribution in [1.82, 2.24) is 10.2 Å². The molecule has 0 aliphatic heterocycles. The van der Waals surface area contributed by atoms with Crippen molar-refractivity contribution in [1.29, 1.82) is 0 Å². The van der Waals surface area contributed by atoms with E-state index in [2.05, 4.69) is 5.32 Å². The number of ether oxygens (including phenoxy) is 1. The van der Waals surface area contributed by atoms with Crippen LogP contribution in [0.3, 0.4) is 0 Å². The minimum Gasteiger partial charge on any atom is -0.497 e. The third-order valence-corrected chi connectivity index (χ3v) is 7.26. The van der Waals surface area contributed by atoms with Gasteiger partial charge in [0.05, 0.1) is 24.0 Å².